The first-order valence-corrected chi connectivity index (χ1v) is 9.26. The number of hydrogen-bond donors (Lipinski definition) is 1. The van der Waals surface area contributed by atoms with Gasteiger partial charge in [0.25, 0.3) is 0 Å². The van der Waals surface area contributed by atoms with E-state index in [9.17, 15) is 9.59 Å². The molecule has 0 aliphatic carbocycles. The minimum atomic E-state index is -0.193. The van der Waals surface area contributed by atoms with E-state index in [0.29, 0.717) is 33.5 Å². The molecule has 0 radical (unpaired) electrons. The van der Waals surface area contributed by atoms with E-state index in [1.807, 2.05) is 0 Å². The van der Waals surface area contributed by atoms with Crippen LogP contribution in [-0.2, 0) is 4.79 Å². The van der Waals surface area contributed by atoms with Crippen LogP contribution in [0.4, 0.5) is 5.69 Å². The van der Waals surface area contributed by atoms with Gasteiger partial charge in [-0.05, 0) is 42.8 Å². The Kier molecular flexibility index (Phi) is 7.95. The molecule has 0 aliphatic rings. The smallest absolute Gasteiger partial charge is 0.224 e. The van der Waals surface area contributed by atoms with Gasteiger partial charge in [-0.3, -0.25) is 9.59 Å². The summed E-state index contributed by atoms with van der Waals surface area (Å²) >= 11 is 11.9. The van der Waals surface area contributed by atoms with Crippen LogP contribution in [0.2, 0.25) is 10.0 Å². The van der Waals surface area contributed by atoms with Crippen molar-refractivity contribution in [2.24, 2.45) is 0 Å². The van der Waals surface area contributed by atoms with Crippen LogP contribution < -0.4 is 10.1 Å². The highest BCUT2D eigenvalue weighted by molar-refractivity contribution is 6.34. The molecule has 2 aromatic rings. The summed E-state index contributed by atoms with van der Waals surface area (Å²) in [5, 5.41) is 3.70. The van der Waals surface area contributed by atoms with E-state index in [4.69, 9.17) is 27.9 Å². The molecule has 0 saturated heterocycles. The molecule has 0 fully saturated rings. The number of unbranched alkanes of at least 4 members (excludes halogenated alkanes) is 2. The van der Waals surface area contributed by atoms with E-state index in [1.54, 1.807) is 42.5 Å². The van der Waals surface area contributed by atoms with Crippen molar-refractivity contribution < 1.29 is 14.3 Å². The molecule has 2 aromatic carbocycles. The van der Waals surface area contributed by atoms with Gasteiger partial charge in [-0.15, -0.1) is 0 Å². The van der Waals surface area contributed by atoms with Crippen molar-refractivity contribution in [1.82, 2.24) is 0 Å². The van der Waals surface area contributed by atoms with E-state index in [2.05, 4.69) is 12.2 Å². The predicted molar refractivity (Wildman–Crippen MR) is 106 cm³/mol. The number of carbonyl (C=O) groups excluding carboxylic acids is 2. The molecule has 0 aliphatic heterocycles. The number of anilines is 1. The highest BCUT2D eigenvalue weighted by atomic mass is 35.5. The van der Waals surface area contributed by atoms with Gasteiger partial charge >= 0.3 is 0 Å². The van der Waals surface area contributed by atoms with Crippen LogP contribution >= 0.6 is 23.2 Å². The second kappa shape index (κ2) is 10.2. The van der Waals surface area contributed by atoms with Crippen LogP contribution in [0, 0.1) is 0 Å². The van der Waals surface area contributed by atoms with Gasteiger partial charge in [0.15, 0.2) is 12.4 Å². The minimum Gasteiger partial charge on any atom is -0.484 e. The van der Waals surface area contributed by atoms with Gasteiger partial charge in [0.2, 0.25) is 5.91 Å². The number of benzene rings is 2. The van der Waals surface area contributed by atoms with Crippen LogP contribution in [0.3, 0.4) is 0 Å². The Bertz CT molecular complexity index is 760. The molecule has 2 rings (SSSR count). The molecule has 0 spiro atoms. The molecular weight excluding hydrogens is 373 g/mol. The monoisotopic (exact) mass is 393 g/mol. The third-order valence-electron chi connectivity index (χ3n) is 3.75. The first-order valence-electron chi connectivity index (χ1n) is 8.50. The van der Waals surface area contributed by atoms with Gasteiger partial charge < -0.3 is 10.1 Å². The first-order chi connectivity index (χ1) is 12.5. The minimum absolute atomic E-state index is 0.0172. The number of rotatable bonds is 9. The standard InChI is InChI=1S/C20H21Cl2NO3/c1-2-3-4-5-20(25)23-16-9-6-14(7-10-16)18(24)13-26-19-12-15(21)8-11-17(19)22/h6-12H,2-5,13H2,1H3,(H,23,25). The van der Waals surface area contributed by atoms with Crippen molar-refractivity contribution >= 4 is 40.6 Å². The van der Waals surface area contributed by atoms with Gasteiger partial charge in [0, 0.05) is 28.8 Å². The van der Waals surface area contributed by atoms with Gasteiger partial charge in [0.05, 0.1) is 5.02 Å². The van der Waals surface area contributed by atoms with Crippen molar-refractivity contribution in [3.63, 3.8) is 0 Å². The largest absolute Gasteiger partial charge is 0.484 e. The normalized spacial score (nSPS) is 10.4. The van der Waals surface area contributed by atoms with Gasteiger partial charge in [-0.25, -0.2) is 0 Å². The maximum atomic E-state index is 12.2. The van der Waals surface area contributed by atoms with E-state index in [1.165, 1.54) is 0 Å². The lowest BCUT2D eigenvalue weighted by atomic mass is 10.1. The molecule has 0 unspecified atom stereocenters. The summed E-state index contributed by atoms with van der Waals surface area (Å²) in [7, 11) is 0. The van der Waals surface area contributed by atoms with Crippen LogP contribution in [-0.4, -0.2) is 18.3 Å². The number of nitrogens with one attached hydrogen (secondary N) is 1. The van der Waals surface area contributed by atoms with Gasteiger partial charge in [0.1, 0.15) is 5.75 Å². The first kappa shape index (κ1) is 20.3. The molecule has 0 saturated carbocycles. The predicted octanol–water partition coefficient (Wildman–Crippen LogP) is 5.77. The SMILES string of the molecule is CCCCCC(=O)Nc1ccc(C(=O)COc2cc(Cl)ccc2Cl)cc1. The summed E-state index contributed by atoms with van der Waals surface area (Å²) in [6.45, 7) is 1.94. The Hall–Kier alpha value is -2.04. The second-order valence-corrected chi connectivity index (χ2v) is 6.71. The summed E-state index contributed by atoms with van der Waals surface area (Å²) in [6, 6.07) is 11.6. The molecular formula is C20H21Cl2NO3. The topological polar surface area (TPSA) is 55.4 Å². The summed E-state index contributed by atoms with van der Waals surface area (Å²) in [5.41, 5.74) is 1.16. The summed E-state index contributed by atoms with van der Waals surface area (Å²) in [4.78, 5) is 24.0. The molecule has 0 aromatic heterocycles. The zero-order valence-corrected chi connectivity index (χ0v) is 16.1. The van der Waals surface area contributed by atoms with E-state index < -0.39 is 0 Å². The maximum absolute atomic E-state index is 12.2. The summed E-state index contributed by atoms with van der Waals surface area (Å²) < 4.78 is 5.45. The highest BCUT2D eigenvalue weighted by Gasteiger charge is 2.10. The summed E-state index contributed by atoms with van der Waals surface area (Å²) in [5.74, 6) is 0.154. The Morgan fingerprint density at radius 2 is 1.77 bits per heavy atom. The third-order valence-corrected chi connectivity index (χ3v) is 4.30. The van der Waals surface area contributed by atoms with Crippen molar-refractivity contribution in [3.8, 4) is 5.75 Å². The number of amides is 1. The molecule has 4 nitrogen and oxygen atoms in total. The van der Waals surface area contributed by atoms with E-state index in [0.717, 1.165) is 19.3 Å². The van der Waals surface area contributed by atoms with Crippen molar-refractivity contribution in [1.29, 1.82) is 0 Å². The highest BCUT2D eigenvalue weighted by Crippen LogP contribution is 2.27. The average Bonchev–Trinajstić information content (AvgIpc) is 2.63. The van der Waals surface area contributed by atoms with Crippen LogP contribution in [0.15, 0.2) is 42.5 Å². The number of ether oxygens (including phenoxy) is 1. The lowest BCUT2D eigenvalue weighted by Crippen LogP contribution is -2.13. The molecule has 26 heavy (non-hydrogen) atoms. The second-order valence-electron chi connectivity index (χ2n) is 5.87. The van der Waals surface area contributed by atoms with Crippen LogP contribution in [0.5, 0.6) is 5.75 Å². The number of halogens is 2. The average molecular weight is 394 g/mol. The molecule has 1 amide bonds. The molecule has 138 valence electrons. The number of ketones is 1. The van der Waals surface area contributed by atoms with Crippen molar-refractivity contribution in [2.45, 2.75) is 32.6 Å². The number of carbonyl (C=O) groups is 2. The Morgan fingerprint density at radius 1 is 1.04 bits per heavy atom. The summed E-state index contributed by atoms with van der Waals surface area (Å²) in [6.07, 6.45) is 3.50. The van der Waals surface area contributed by atoms with Crippen molar-refractivity contribution in [3.05, 3.63) is 58.1 Å². The van der Waals surface area contributed by atoms with Crippen LogP contribution in [0.1, 0.15) is 43.0 Å². The Balaban J connectivity index is 1.88. The van der Waals surface area contributed by atoms with Gasteiger partial charge in [-0.1, -0.05) is 43.0 Å². The fourth-order valence-corrected chi connectivity index (χ4v) is 2.65. The molecule has 0 heterocycles. The van der Waals surface area contributed by atoms with Crippen molar-refractivity contribution in [2.75, 3.05) is 11.9 Å². The fourth-order valence-electron chi connectivity index (χ4n) is 2.31. The zero-order chi connectivity index (χ0) is 18.9. The zero-order valence-electron chi connectivity index (χ0n) is 14.6. The Labute approximate surface area is 163 Å². The lowest BCUT2D eigenvalue weighted by Gasteiger charge is -2.09. The molecule has 1 N–H and O–H groups in total. The third kappa shape index (κ3) is 6.36. The van der Waals surface area contributed by atoms with Crippen LogP contribution in [0.25, 0.3) is 0 Å². The van der Waals surface area contributed by atoms with E-state index >= 15 is 0 Å². The number of Topliss-reactive ketones (excluding diaryl/α,β-unsaturated/α-hetero) is 1. The number of hydrogen-bond acceptors (Lipinski definition) is 3. The molecule has 6 heteroatoms. The maximum Gasteiger partial charge on any atom is 0.224 e. The molecule has 0 bridgehead atoms. The van der Waals surface area contributed by atoms with E-state index in [-0.39, 0.29) is 18.3 Å². The van der Waals surface area contributed by atoms with Gasteiger partial charge in [-0.2, -0.15) is 0 Å². The molecule has 0 atom stereocenters. The quantitative estimate of drug-likeness (QED) is 0.434. The fraction of sp³-hybridized carbons (Fsp3) is 0.300. The Morgan fingerprint density at radius 3 is 2.46 bits per heavy atom. The lowest BCUT2D eigenvalue weighted by molar-refractivity contribution is -0.116.